The van der Waals surface area contributed by atoms with Gasteiger partial charge in [-0.25, -0.2) is 14.4 Å². The van der Waals surface area contributed by atoms with E-state index in [-0.39, 0.29) is 23.1 Å². The first-order valence-electron chi connectivity index (χ1n) is 12.3. The fourth-order valence-corrected chi connectivity index (χ4v) is 4.92. The van der Waals surface area contributed by atoms with Crippen molar-refractivity contribution in [2.75, 3.05) is 11.4 Å². The topological polar surface area (TPSA) is 104 Å². The van der Waals surface area contributed by atoms with Gasteiger partial charge in [0.25, 0.3) is 0 Å². The van der Waals surface area contributed by atoms with Gasteiger partial charge in [-0.2, -0.15) is 0 Å². The van der Waals surface area contributed by atoms with Gasteiger partial charge >= 0.3 is 18.0 Å². The van der Waals surface area contributed by atoms with Crippen molar-refractivity contribution in [3.05, 3.63) is 63.7 Å². The van der Waals surface area contributed by atoms with Gasteiger partial charge in [-0.3, -0.25) is 4.90 Å². The number of carbonyl (C=O) groups is 3. The molecule has 0 atom stereocenters. The lowest BCUT2D eigenvalue weighted by Gasteiger charge is -2.32. The molecular formula is C28H34ClNO6. The first-order chi connectivity index (χ1) is 17.0. The Morgan fingerprint density at radius 3 is 2.11 bits per heavy atom. The zero-order valence-electron chi connectivity index (χ0n) is 21.1. The predicted molar refractivity (Wildman–Crippen MR) is 139 cm³/mol. The number of carboxylic acid groups (broad SMARTS) is 2. The Labute approximate surface area is 217 Å². The van der Waals surface area contributed by atoms with Gasteiger partial charge in [-0.05, 0) is 87.8 Å². The van der Waals surface area contributed by atoms with Crippen LogP contribution in [0.5, 0.6) is 0 Å². The number of hydrogen-bond donors (Lipinski definition) is 2. The van der Waals surface area contributed by atoms with Crippen LogP contribution in [-0.4, -0.2) is 40.4 Å². The highest BCUT2D eigenvalue weighted by Crippen LogP contribution is 2.31. The Morgan fingerprint density at radius 2 is 1.58 bits per heavy atom. The first kappa shape index (κ1) is 27.5. The molecule has 0 aromatic heterocycles. The number of rotatable bonds is 8. The molecule has 0 spiro atoms. The van der Waals surface area contributed by atoms with Gasteiger partial charge in [0.1, 0.15) is 5.60 Å². The van der Waals surface area contributed by atoms with E-state index in [9.17, 15) is 24.6 Å². The Kier molecular flexibility index (Phi) is 9.01. The summed E-state index contributed by atoms with van der Waals surface area (Å²) in [5.74, 6) is -1.96. The predicted octanol–water partition coefficient (Wildman–Crippen LogP) is 6.84. The molecule has 1 saturated carbocycles. The molecule has 0 heterocycles. The minimum Gasteiger partial charge on any atom is -0.478 e. The van der Waals surface area contributed by atoms with E-state index in [4.69, 9.17) is 16.3 Å². The molecule has 194 valence electrons. The lowest BCUT2D eigenvalue weighted by atomic mass is 9.89. The van der Waals surface area contributed by atoms with Gasteiger partial charge in [0.15, 0.2) is 0 Å². The second kappa shape index (κ2) is 11.8. The van der Waals surface area contributed by atoms with Crippen LogP contribution in [-0.2, 0) is 17.6 Å². The molecule has 0 unspecified atom stereocenters. The number of aryl methyl sites for hydroxylation is 1. The van der Waals surface area contributed by atoms with Gasteiger partial charge in [-0.1, -0.05) is 43.0 Å². The van der Waals surface area contributed by atoms with Crippen molar-refractivity contribution in [3.63, 3.8) is 0 Å². The number of halogens is 1. The lowest BCUT2D eigenvalue weighted by Crippen LogP contribution is -2.40. The molecular weight excluding hydrogens is 482 g/mol. The number of carbonyl (C=O) groups excluding carboxylic acids is 1. The molecule has 8 heteroatoms. The van der Waals surface area contributed by atoms with Crippen molar-refractivity contribution in [1.29, 1.82) is 0 Å². The lowest BCUT2D eigenvalue weighted by molar-refractivity contribution is 0.0570. The Morgan fingerprint density at radius 1 is 0.972 bits per heavy atom. The average Bonchev–Trinajstić information content (AvgIpc) is 2.81. The van der Waals surface area contributed by atoms with E-state index < -0.39 is 23.6 Å². The number of ether oxygens (including phenoxy) is 1. The standard InChI is InChI=1S/C28H34ClNO6/c1-28(2,3)36-27(35)30(17-18-8-5-4-6-9-18)20-14-12-19(24(29)16-20)13-15-21-22(25(31)32)10-7-11-23(21)26(33)34/h7,10-12,14,16,18H,4-6,8-9,13,15,17H2,1-3H3,(H,31,32)(H,33,34). The quantitative estimate of drug-likeness (QED) is 0.398. The van der Waals surface area contributed by atoms with Crippen LogP contribution >= 0.6 is 11.6 Å². The second-order valence-corrected chi connectivity index (χ2v) is 10.7. The van der Waals surface area contributed by atoms with E-state index in [1.165, 1.54) is 24.6 Å². The molecule has 1 aliphatic rings. The SMILES string of the molecule is CC(C)(C)OC(=O)N(CC1CCCCC1)c1ccc(CCc2c(C(=O)O)cccc2C(=O)O)c(Cl)c1. The van der Waals surface area contributed by atoms with Crippen LogP contribution in [0, 0.1) is 5.92 Å². The molecule has 1 aliphatic carbocycles. The van der Waals surface area contributed by atoms with Gasteiger partial charge < -0.3 is 14.9 Å². The fraction of sp³-hybridized carbons (Fsp3) is 0.464. The summed E-state index contributed by atoms with van der Waals surface area (Å²) in [6, 6.07) is 9.58. The van der Waals surface area contributed by atoms with Crippen molar-refractivity contribution in [2.24, 2.45) is 5.92 Å². The minimum absolute atomic E-state index is 0.0359. The smallest absolute Gasteiger partial charge is 0.414 e. The van der Waals surface area contributed by atoms with E-state index in [0.717, 1.165) is 31.2 Å². The molecule has 0 radical (unpaired) electrons. The third-order valence-electron chi connectivity index (χ3n) is 6.41. The summed E-state index contributed by atoms with van der Waals surface area (Å²) in [5, 5.41) is 19.5. The summed E-state index contributed by atoms with van der Waals surface area (Å²) in [6.07, 6.45) is 5.79. The van der Waals surface area contributed by atoms with Crippen molar-refractivity contribution in [1.82, 2.24) is 0 Å². The number of amides is 1. The van der Waals surface area contributed by atoms with Crippen molar-refractivity contribution >= 4 is 35.3 Å². The number of benzene rings is 2. The third kappa shape index (κ3) is 7.23. The Bertz CT molecular complexity index is 1090. The number of aromatic carboxylic acids is 2. The van der Waals surface area contributed by atoms with Gasteiger partial charge in [0.2, 0.25) is 0 Å². The van der Waals surface area contributed by atoms with Gasteiger partial charge in [0.05, 0.1) is 11.1 Å². The summed E-state index contributed by atoms with van der Waals surface area (Å²) in [5.41, 5.74) is 0.924. The summed E-state index contributed by atoms with van der Waals surface area (Å²) in [6.45, 7) is 6.05. The molecule has 0 saturated heterocycles. The number of nitrogens with zero attached hydrogens (tertiary/aromatic N) is 1. The van der Waals surface area contributed by atoms with Crippen LogP contribution in [0.3, 0.4) is 0 Å². The summed E-state index contributed by atoms with van der Waals surface area (Å²) >= 11 is 6.61. The number of anilines is 1. The van der Waals surface area contributed by atoms with Crippen molar-refractivity contribution < 1.29 is 29.3 Å². The monoisotopic (exact) mass is 515 g/mol. The maximum atomic E-state index is 13.1. The maximum absolute atomic E-state index is 13.1. The molecule has 1 amide bonds. The highest BCUT2D eigenvalue weighted by Gasteiger charge is 2.27. The highest BCUT2D eigenvalue weighted by molar-refractivity contribution is 6.31. The molecule has 0 bridgehead atoms. The van der Waals surface area contributed by atoms with E-state index >= 15 is 0 Å². The van der Waals surface area contributed by atoms with Gasteiger partial charge in [0, 0.05) is 17.3 Å². The van der Waals surface area contributed by atoms with E-state index in [2.05, 4.69) is 0 Å². The third-order valence-corrected chi connectivity index (χ3v) is 6.76. The van der Waals surface area contributed by atoms with Crippen molar-refractivity contribution in [2.45, 2.75) is 71.3 Å². The fourth-order valence-electron chi connectivity index (χ4n) is 4.65. The Hall–Kier alpha value is -3.06. The van der Waals surface area contributed by atoms with E-state index in [1.54, 1.807) is 17.0 Å². The van der Waals surface area contributed by atoms with Crippen molar-refractivity contribution in [3.8, 4) is 0 Å². The summed E-state index contributed by atoms with van der Waals surface area (Å²) in [7, 11) is 0. The molecule has 7 nitrogen and oxygen atoms in total. The molecule has 2 N–H and O–H groups in total. The Balaban J connectivity index is 1.84. The van der Waals surface area contributed by atoms with E-state index in [1.807, 2.05) is 26.8 Å². The van der Waals surface area contributed by atoms with Gasteiger partial charge in [-0.15, -0.1) is 0 Å². The summed E-state index contributed by atoms with van der Waals surface area (Å²) in [4.78, 5) is 38.0. The van der Waals surface area contributed by atoms with Crippen LogP contribution in [0.2, 0.25) is 5.02 Å². The largest absolute Gasteiger partial charge is 0.478 e. The molecule has 2 aromatic carbocycles. The van der Waals surface area contributed by atoms with E-state index in [0.29, 0.717) is 29.6 Å². The number of carboxylic acids is 2. The molecule has 36 heavy (non-hydrogen) atoms. The average molecular weight is 516 g/mol. The zero-order chi connectivity index (χ0) is 26.5. The molecule has 3 rings (SSSR count). The van der Waals surface area contributed by atoms with Crippen LogP contribution in [0.15, 0.2) is 36.4 Å². The van der Waals surface area contributed by atoms with Crippen LogP contribution in [0.4, 0.5) is 10.5 Å². The zero-order valence-corrected chi connectivity index (χ0v) is 21.8. The summed E-state index contributed by atoms with van der Waals surface area (Å²) < 4.78 is 5.68. The first-order valence-corrected chi connectivity index (χ1v) is 12.7. The molecule has 0 aliphatic heterocycles. The van der Waals surface area contributed by atoms with Crippen LogP contribution in [0.25, 0.3) is 0 Å². The number of hydrogen-bond acceptors (Lipinski definition) is 4. The minimum atomic E-state index is -1.18. The molecule has 1 fully saturated rings. The maximum Gasteiger partial charge on any atom is 0.414 e. The highest BCUT2D eigenvalue weighted by atomic mass is 35.5. The molecule has 2 aromatic rings. The van der Waals surface area contributed by atoms with Crippen LogP contribution in [0.1, 0.15) is 84.7 Å². The second-order valence-electron chi connectivity index (χ2n) is 10.3. The van der Waals surface area contributed by atoms with Crippen LogP contribution < -0.4 is 4.90 Å². The normalized spacial score (nSPS) is 14.3.